The van der Waals surface area contributed by atoms with Crippen molar-refractivity contribution in [2.24, 2.45) is 11.3 Å². The molecule has 1 N–H and O–H groups in total. The van der Waals surface area contributed by atoms with Crippen LogP contribution in [0.25, 0.3) is 0 Å². The van der Waals surface area contributed by atoms with Gasteiger partial charge in [-0.15, -0.1) is 0 Å². The molecule has 104 valence electrons. The van der Waals surface area contributed by atoms with E-state index < -0.39 is 0 Å². The SMILES string of the molecule is CN1CCC(CN(C)C(=O)C2(C)CCNCC2)C1. The van der Waals surface area contributed by atoms with E-state index in [1.54, 1.807) is 0 Å². The van der Waals surface area contributed by atoms with Crippen molar-refractivity contribution >= 4 is 5.91 Å². The second-order valence-electron chi connectivity index (χ2n) is 6.41. The van der Waals surface area contributed by atoms with Crippen LogP contribution in [0.3, 0.4) is 0 Å². The van der Waals surface area contributed by atoms with Gasteiger partial charge in [0.2, 0.25) is 5.91 Å². The van der Waals surface area contributed by atoms with Crippen LogP contribution < -0.4 is 5.32 Å². The van der Waals surface area contributed by atoms with Crippen LogP contribution in [0, 0.1) is 11.3 Å². The summed E-state index contributed by atoms with van der Waals surface area (Å²) in [6, 6.07) is 0. The van der Waals surface area contributed by atoms with Crippen LogP contribution in [0.2, 0.25) is 0 Å². The number of hydrogen-bond acceptors (Lipinski definition) is 3. The summed E-state index contributed by atoms with van der Waals surface area (Å²) in [5.41, 5.74) is -0.134. The van der Waals surface area contributed by atoms with E-state index in [1.165, 1.54) is 13.0 Å². The Labute approximate surface area is 111 Å². The molecular weight excluding hydrogens is 226 g/mol. The lowest BCUT2D eigenvalue weighted by atomic mass is 9.79. The standard InChI is InChI=1S/C14H27N3O/c1-14(5-7-15-8-6-14)13(18)17(3)11-12-4-9-16(2)10-12/h12,15H,4-11H2,1-3H3. The Balaban J connectivity index is 1.87. The van der Waals surface area contributed by atoms with Crippen molar-refractivity contribution < 1.29 is 4.79 Å². The van der Waals surface area contributed by atoms with E-state index >= 15 is 0 Å². The minimum absolute atomic E-state index is 0.134. The maximum absolute atomic E-state index is 12.6. The quantitative estimate of drug-likeness (QED) is 0.807. The van der Waals surface area contributed by atoms with Gasteiger partial charge in [0.05, 0.1) is 0 Å². The van der Waals surface area contributed by atoms with Crippen molar-refractivity contribution in [1.29, 1.82) is 0 Å². The van der Waals surface area contributed by atoms with Crippen LogP contribution in [-0.2, 0) is 4.79 Å². The lowest BCUT2D eigenvalue weighted by Crippen LogP contribution is -2.47. The van der Waals surface area contributed by atoms with Crippen molar-refractivity contribution in [2.75, 3.05) is 46.8 Å². The Morgan fingerprint density at radius 3 is 2.67 bits per heavy atom. The summed E-state index contributed by atoms with van der Waals surface area (Å²) in [4.78, 5) is 16.9. The molecule has 2 rings (SSSR count). The number of nitrogens with zero attached hydrogens (tertiary/aromatic N) is 2. The molecule has 4 nitrogen and oxygen atoms in total. The first kappa shape index (κ1) is 13.8. The summed E-state index contributed by atoms with van der Waals surface area (Å²) in [6.07, 6.45) is 3.17. The van der Waals surface area contributed by atoms with Gasteiger partial charge in [0, 0.05) is 25.6 Å². The molecule has 4 heteroatoms. The van der Waals surface area contributed by atoms with Gasteiger partial charge in [-0.05, 0) is 51.9 Å². The van der Waals surface area contributed by atoms with Gasteiger partial charge < -0.3 is 15.1 Å². The number of hydrogen-bond donors (Lipinski definition) is 1. The maximum Gasteiger partial charge on any atom is 0.228 e. The van der Waals surface area contributed by atoms with E-state index in [2.05, 4.69) is 24.2 Å². The molecule has 0 bridgehead atoms. The summed E-state index contributed by atoms with van der Waals surface area (Å²) in [6.45, 7) is 7.31. The third-order valence-electron chi connectivity index (χ3n) is 4.59. The molecule has 1 amide bonds. The van der Waals surface area contributed by atoms with E-state index in [0.29, 0.717) is 11.8 Å². The van der Waals surface area contributed by atoms with Crippen LogP contribution >= 0.6 is 0 Å². The van der Waals surface area contributed by atoms with Crippen LogP contribution in [0.5, 0.6) is 0 Å². The van der Waals surface area contributed by atoms with E-state index in [0.717, 1.165) is 39.0 Å². The van der Waals surface area contributed by atoms with E-state index in [1.807, 2.05) is 11.9 Å². The fraction of sp³-hybridized carbons (Fsp3) is 0.929. The van der Waals surface area contributed by atoms with Crippen molar-refractivity contribution in [1.82, 2.24) is 15.1 Å². The van der Waals surface area contributed by atoms with Gasteiger partial charge >= 0.3 is 0 Å². The molecule has 0 saturated carbocycles. The van der Waals surface area contributed by atoms with Crippen molar-refractivity contribution in [3.8, 4) is 0 Å². The molecule has 1 unspecified atom stereocenters. The smallest absolute Gasteiger partial charge is 0.228 e. The molecule has 0 radical (unpaired) electrons. The van der Waals surface area contributed by atoms with Crippen LogP contribution in [-0.4, -0.2) is 62.5 Å². The Hall–Kier alpha value is -0.610. The third-order valence-corrected chi connectivity index (χ3v) is 4.59. The average Bonchev–Trinajstić information content (AvgIpc) is 2.74. The predicted molar refractivity (Wildman–Crippen MR) is 73.5 cm³/mol. The Bertz CT molecular complexity index is 299. The van der Waals surface area contributed by atoms with Crippen LogP contribution in [0.15, 0.2) is 0 Å². The minimum Gasteiger partial charge on any atom is -0.345 e. The number of piperidine rings is 1. The molecule has 2 heterocycles. The zero-order valence-corrected chi connectivity index (χ0v) is 12.0. The number of carbonyl (C=O) groups excluding carboxylic acids is 1. The molecule has 18 heavy (non-hydrogen) atoms. The van der Waals surface area contributed by atoms with Gasteiger partial charge in [-0.3, -0.25) is 4.79 Å². The first-order chi connectivity index (χ1) is 8.51. The topological polar surface area (TPSA) is 35.6 Å². The van der Waals surface area contributed by atoms with Crippen molar-refractivity contribution in [2.45, 2.75) is 26.2 Å². The molecule has 2 aliphatic heterocycles. The van der Waals surface area contributed by atoms with Gasteiger partial charge in [0.1, 0.15) is 0 Å². The molecule has 2 fully saturated rings. The highest BCUT2D eigenvalue weighted by molar-refractivity contribution is 5.82. The predicted octanol–water partition coefficient (Wildman–Crippen LogP) is 0.786. The molecule has 0 aromatic heterocycles. The second kappa shape index (κ2) is 5.57. The van der Waals surface area contributed by atoms with E-state index in [4.69, 9.17) is 0 Å². The van der Waals surface area contributed by atoms with Gasteiger partial charge in [-0.1, -0.05) is 6.92 Å². The zero-order valence-electron chi connectivity index (χ0n) is 12.0. The molecule has 0 aromatic rings. The highest BCUT2D eigenvalue weighted by Gasteiger charge is 2.37. The van der Waals surface area contributed by atoms with Gasteiger partial charge in [0.15, 0.2) is 0 Å². The van der Waals surface area contributed by atoms with Gasteiger partial charge in [0.25, 0.3) is 0 Å². The Morgan fingerprint density at radius 2 is 2.11 bits per heavy atom. The lowest BCUT2D eigenvalue weighted by molar-refractivity contribution is -0.141. The Kier molecular flexibility index (Phi) is 4.28. The third kappa shape index (κ3) is 3.04. The monoisotopic (exact) mass is 253 g/mol. The Morgan fingerprint density at radius 1 is 1.44 bits per heavy atom. The first-order valence-corrected chi connectivity index (χ1v) is 7.16. The van der Waals surface area contributed by atoms with E-state index in [-0.39, 0.29) is 5.41 Å². The normalized spacial score (nSPS) is 28.3. The van der Waals surface area contributed by atoms with Crippen LogP contribution in [0.1, 0.15) is 26.2 Å². The summed E-state index contributed by atoms with van der Waals surface area (Å²) >= 11 is 0. The van der Waals surface area contributed by atoms with E-state index in [9.17, 15) is 4.79 Å². The number of carbonyl (C=O) groups is 1. The highest BCUT2D eigenvalue weighted by atomic mass is 16.2. The molecule has 0 aromatic carbocycles. The number of rotatable bonds is 3. The molecule has 0 aliphatic carbocycles. The zero-order chi connectivity index (χ0) is 13.2. The number of nitrogens with one attached hydrogen (secondary N) is 1. The first-order valence-electron chi connectivity index (χ1n) is 7.16. The van der Waals surface area contributed by atoms with Crippen molar-refractivity contribution in [3.63, 3.8) is 0 Å². The highest BCUT2D eigenvalue weighted by Crippen LogP contribution is 2.30. The maximum atomic E-state index is 12.6. The average molecular weight is 253 g/mol. The van der Waals surface area contributed by atoms with Gasteiger partial charge in [-0.2, -0.15) is 0 Å². The minimum atomic E-state index is -0.134. The summed E-state index contributed by atoms with van der Waals surface area (Å²) in [5, 5.41) is 3.34. The summed E-state index contributed by atoms with van der Waals surface area (Å²) in [7, 11) is 4.14. The fourth-order valence-electron chi connectivity index (χ4n) is 3.30. The summed E-state index contributed by atoms with van der Waals surface area (Å²) in [5.74, 6) is 1.01. The van der Waals surface area contributed by atoms with Gasteiger partial charge in [-0.25, -0.2) is 0 Å². The molecule has 1 atom stereocenters. The second-order valence-corrected chi connectivity index (χ2v) is 6.41. The molecule has 2 saturated heterocycles. The fourth-order valence-corrected chi connectivity index (χ4v) is 3.30. The summed E-state index contributed by atoms with van der Waals surface area (Å²) < 4.78 is 0. The lowest BCUT2D eigenvalue weighted by Gasteiger charge is -2.36. The van der Waals surface area contributed by atoms with Crippen molar-refractivity contribution in [3.05, 3.63) is 0 Å². The molecule has 2 aliphatic rings. The molecule has 0 spiro atoms. The number of amides is 1. The van der Waals surface area contributed by atoms with Crippen LogP contribution in [0.4, 0.5) is 0 Å². The largest absolute Gasteiger partial charge is 0.345 e. The molecular formula is C14H27N3O. The number of likely N-dealkylation sites (tertiary alicyclic amines) is 1.